The van der Waals surface area contributed by atoms with Gasteiger partial charge >= 0.3 is 0 Å². The van der Waals surface area contributed by atoms with Gasteiger partial charge in [0.05, 0.1) is 16.9 Å². The number of amides is 1. The average Bonchev–Trinajstić information content (AvgIpc) is 2.62. The van der Waals surface area contributed by atoms with Gasteiger partial charge < -0.3 is 5.32 Å². The van der Waals surface area contributed by atoms with Crippen molar-refractivity contribution in [3.05, 3.63) is 45.5 Å². The molecule has 0 radical (unpaired) electrons. The summed E-state index contributed by atoms with van der Waals surface area (Å²) in [6.07, 6.45) is 8.38. The van der Waals surface area contributed by atoms with E-state index in [0.29, 0.717) is 12.1 Å². The normalized spacial score (nSPS) is 15.5. The minimum absolute atomic E-state index is 0.134. The maximum Gasteiger partial charge on any atom is 0.271 e. The molecule has 0 spiro atoms. The summed E-state index contributed by atoms with van der Waals surface area (Å²) >= 11 is 0. The molecule has 0 bridgehead atoms. The van der Waals surface area contributed by atoms with Crippen LogP contribution in [0.5, 0.6) is 0 Å². The molecule has 1 unspecified atom stereocenters. The Hall–Kier alpha value is -2.42. The lowest BCUT2D eigenvalue weighted by molar-refractivity contribution is -0.384. The van der Waals surface area contributed by atoms with E-state index >= 15 is 0 Å². The van der Waals surface area contributed by atoms with E-state index in [0.717, 1.165) is 36.2 Å². The van der Waals surface area contributed by atoms with Gasteiger partial charge in [-0.2, -0.15) is 0 Å². The molecule has 1 atom stereocenters. The first-order valence-corrected chi connectivity index (χ1v) is 11.2. The predicted molar refractivity (Wildman–Crippen MR) is 109 cm³/mol. The van der Waals surface area contributed by atoms with Crippen molar-refractivity contribution in [2.24, 2.45) is 0 Å². The number of benzene rings is 1. The van der Waals surface area contributed by atoms with E-state index in [-0.39, 0.29) is 11.4 Å². The van der Waals surface area contributed by atoms with Crippen molar-refractivity contribution in [2.75, 3.05) is 17.1 Å². The van der Waals surface area contributed by atoms with Crippen LogP contribution < -0.4 is 9.62 Å². The summed E-state index contributed by atoms with van der Waals surface area (Å²) < 4.78 is 25.7. The molecular weight excluding hydrogens is 382 g/mol. The number of hydrogen-bond acceptors (Lipinski definition) is 5. The van der Waals surface area contributed by atoms with Gasteiger partial charge in [-0.05, 0) is 51.5 Å². The highest BCUT2D eigenvalue weighted by atomic mass is 32.2. The van der Waals surface area contributed by atoms with E-state index < -0.39 is 26.9 Å². The highest BCUT2D eigenvalue weighted by Crippen LogP contribution is 2.29. The Morgan fingerprint density at radius 2 is 2.07 bits per heavy atom. The van der Waals surface area contributed by atoms with Gasteiger partial charge in [0.1, 0.15) is 6.04 Å². The molecule has 1 N–H and O–H groups in total. The smallest absolute Gasteiger partial charge is 0.271 e. The minimum atomic E-state index is -3.83. The molecule has 0 aromatic heterocycles. The molecular formula is C19H27N3O5S. The number of non-ortho nitro benzene ring substituents is 1. The number of nitrogens with zero attached hydrogens (tertiary/aromatic N) is 2. The minimum Gasteiger partial charge on any atom is -0.354 e. The lowest BCUT2D eigenvalue weighted by Crippen LogP contribution is -2.48. The fraction of sp³-hybridized carbons (Fsp3) is 0.526. The largest absolute Gasteiger partial charge is 0.354 e. The summed E-state index contributed by atoms with van der Waals surface area (Å²) in [5, 5.41) is 13.9. The molecule has 0 heterocycles. The van der Waals surface area contributed by atoms with E-state index in [4.69, 9.17) is 0 Å². The van der Waals surface area contributed by atoms with Gasteiger partial charge in [0.25, 0.3) is 5.69 Å². The first kappa shape index (κ1) is 21.9. The number of aryl methyl sites for hydroxylation is 1. The van der Waals surface area contributed by atoms with E-state index in [9.17, 15) is 23.3 Å². The molecule has 9 heteroatoms. The third-order valence-corrected chi connectivity index (χ3v) is 6.09. The molecule has 1 aliphatic rings. The molecule has 0 aliphatic heterocycles. The Kier molecular flexibility index (Phi) is 7.17. The first-order valence-electron chi connectivity index (χ1n) is 9.31. The Balaban J connectivity index is 2.18. The maximum absolute atomic E-state index is 12.6. The molecule has 2 rings (SSSR count). The van der Waals surface area contributed by atoms with E-state index in [2.05, 4.69) is 11.4 Å². The van der Waals surface area contributed by atoms with Crippen LogP contribution in [-0.4, -0.2) is 38.1 Å². The number of hydrogen-bond donors (Lipinski definition) is 1. The highest BCUT2D eigenvalue weighted by molar-refractivity contribution is 7.92. The van der Waals surface area contributed by atoms with E-state index in [1.807, 2.05) is 0 Å². The Morgan fingerprint density at radius 1 is 1.36 bits per heavy atom. The third-order valence-electron chi connectivity index (χ3n) is 4.86. The molecule has 28 heavy (non-hydrogen) atoms. The number of anilines is 1. The number of rotatable bonds is 8. The van der Waals surface area contributed by atoms with Gasteiger partial charge in [0.15, 0.2) is 0 Å². The Bertz CT molecular complexity index is 880. The highest BCUT2D eigenvalue weighted by Gasteiger charge is 2.31. The van der Waals surface area contributed by atoms with Gasteiger partial charge in [-0.3, -0.25) is 19.2 Å². The summed E-state index contributed by atoms with van der Waals surface area (Å²) in [4.78, 5) is 23.1. The first-order chi connectivity index (χ1) is 13.1. The lowest BCUT2D eigenvalue weighted by Gasteiger charge is -2.29. The van der Waals surface area contributed by atoms with Crippen molar-refractivity contribution in [1.82, 2.24) is 5.32 Å². The number of carbonyl (C=O) groups excluding carboxylic acids is 1. The summed E-state index contributed by atoms with van der Waals surface area (Å²) in [5.74, 6) is -0.437. The number of carbonyl (C=O) groups is 1. The van der Waals surface area contributed by atoms with Crippen molar-refractivity contribution in [1.29, 1.82) is 0 Å². The second-order valence-electron chi connectivity index (χ2n) is 7.11. The van der Waals surface area contributed by atoms with Crippen molar-refractivity contribution >= 4 is 27.3 Å². The second kappa shape index (κ2) is 9.18. The van der Waals surface area contributed by atoms with Crippen LogP contribution in [0.1, 0.15) is 44.6 Å². The van der Waals surface area contributed by atoms with Gasteiger partial charge in [-0.15, -0.1) is 0 Å². The Labute approximate surface area is 165 Å². The summed E-state index contributed by atoms with van der Waals surface area (Å²) in [7, 11) is -3.83. The standard InChI is InChI=1S/C19H27N3O5S/c1-14-9-10-17(22(24)25)13-18(14)21(28(3,26)27)15(2)19(23)20-12-11-16-7-5-4-6-8-16/h7,9-10,13,15H,4-6,8,11-12H2,1-3H3,(H,20,23). The number of nitrogens with one attached hydrogen (secondary N) is 1. The van der Waals surface area contributed by atoms with Crippen LogP contribution in [0, 0.1) is 17.0 Å². The van der Waals surface area contributed by atoms with Gasteiger partial charge in [0.2, 0.25) is 15.9 Å². The molecule has 1 amide bonds. The van der Waals surface area contributed by atoms with Crippen molar-refractivity contribution in [3.8, 4) is 0 Å². The van der Waals surface area contributed by atoms with Gasteiger partial charge in [-0.1, -0.05) is 17.7 Å². The lowest BCUT2D eigenvalue weighted by atomic mass is 9.97. The predicted octanol–water partition coefficient (Wildman–Crippen LogP) is 3.06. The summed E-state index contributed by atoms with van der Waals surface area (Å²) in [6.45, 7) is 3.56. The molecule has 1 aromatic carbocycles. The fourth-order valence-corrected chi connectivity index (χ4v) is 4.58. The molecule has 0 saturated carbocycles. The zero-order valence-electron chi connectivity index (χ0n) is 16.5. The van der Waals surface area contributed by atoms with Crippen LogP contribution in [0.3, 0.4) is 0 Å². The van der Waals surface area contributed by atoms with Crippen LogP contribution >= 0.6 is 0 Å². The molecule has 0 saturated heterocycles. The second-order valence-corrected chi connectivity index (χ2v) is 8.97. The van der Waals surface area contributed by atoms with E-state index in [1.165, 1.54) is 37.1 Å². The van der Waals surface area contributed by atoms with Crippen LogP contribution in [0.4, 0.5) is 11.4 Å². The molecule has 1 aromatic rings. The quantitative estimate of drug-likeness (QED) is 0.403. The number of allylic oxidation sites excluding steroid dienone is 1. The number of sulfonamides is 1. The zero-order chi connectivity index (χ0) is 20.9. The number of nitro groups is 1. The topological polar surface area (TPSA) is 110 Å². The van der Waals surface area contributed by atoms with Crippen molar-refractivity contribution in [2.45, 2.75) is 52.0 Å². The maximum atomic E-state index is 12.6. The van der Waals surface area contributed by atoms with Crippen molar-refractivity contribution < 1.29 is 18.1 Å². The number of nitro benzene ring substituents is 1. The Morgan fingerprint density at radius 3 is 2.64 bits per heavy atom. The van der Waals surface area contributed by atoms with Crippen LogP contribution in [0.15, 0.2) is 29.8 Å². The van der Waals surface area contributed by atoms with Crippen LogP contribution in [0.2, 0.25) is 0 Å². The molecule has 1 aliphatic carbocycles. The van der Waals surface area contributed by atoms with Gasteiger partial charge in [-0.25, -0.2) is 8.42 Å². The monoisotopic (exact) mass is 409 g/mol. The summed E-state index contributed by atoms with van der Waals surface area (Å²) in [5.41, 5.74) is 1.75. The molecule has 154 valence electrons. The van der Waals surface area contributed by atoms with Gasteiger partial charge in [0, 0.05) is 18.7 Å². The SMILES string of the molecule is Cc1ccc([N+](=O)[O-])cc1N(C(C)C(=O)NCCC1=CCCCC1)S(C)(=O)=O. The zero-order valence-corrected chi connectivity index (χ0v) is 17.3. The van der Waals surface area contributed by atoms with Crippen LogP contribution in [0.25, 0.3) is 0 Å². The summed E-state index contributed by atoms with van der Waals surface area (Å²) in [6, 6.07) is 2.94. The third kappa shape index (κ3) is 5.54. The average molecular weight is 410 g/mol. The molecule has 0 fully saturated rings. The van der Waals surface area contributed by atoms with Crippen LogP contribution in [-0.2, 0) is 14.8 Å². The molecule has 8 nitrogen and oxygen atoms in total. The van der Waals surface area contributed by atoms with Crippen molar-refractivity contribution in [3.63, 3.8) is 0 Å². The van der Waals surface area contributed by atoms with E-state index in [1.54, 1.807) is 6.92 Å². The fourth-order valence-electron chi connectivity index (χ4n) is 3.36.